The van der Waals surface area contributed by atoms with E-state index in [1.54, 1.807) is 24.2 Å². The second-order valence-electron chi connectivity index (χ2n) is 7.86. The summed E-state index contributed by atoms with van der Waals surface area (Å²) in [4.78, 5) is 35.2. The topological polar surface area (TPSA) is 111 Å². The zero-order valence-electron chi connectivity index (χ0n) is 17.1. The lowest BCUT2D eigenvalue weighted by Crippen LogP contribution is -2.33. The Morgan fingerprint density at radius 3 is 2.53 bits per heavy atom. The summed E-state index contributed by atoms with van der Waals surface area (Å²) in [7, 11) is 1.66. The van der Waals surface area contributed by atoms with Crippen LogP contribution in [0, 0.1) is 16.7 Å². The molecule has 1 saturated carbocycles. The maximum absolute atomic E-state index is 12.8. The molecule has 4 rings (SSSR count). The van der Waals surface area contributed by atoms with Gasteiger partial charge in [0.2, 0.25) is 17.8 Å². The molecule has 0 spiro atoms. The highest BCUT2D eigenvalue weighted by atomic mass is 16.2. The molecule has 2 aliphatic rings. The fraction of sp³-hybridized carbons (Fsp3) is 0.409. The predicted molar refractivity (Wildman–Crippen MR) is 112 cm³/mol. The molecule has 8 heteroatoms. The van der Waals surface area contributed by atoms with Crippen LogP contribution in [0.2, 0.25) is 0 Å². The van der Waals surface area contributed by atoms with Gasteiger partial charge in [-0.25, -0.2) is 4.98 Å². The van der Waals surface area contributed by atoms with Crippen LogP contribution >= 0.6 is 0 Å². The molecule has 1 aliphatic heterocycles. The van der Waals surface area contributed by atoms with Gasteiger partial charge in [-0.1, -0.05) is 19.1 Å². The van der Waals surface area contributed by atoms with Crippen molar-refractivity contribution >= 4 is 29.3 Å². The third-order valence-corrected chi connectivity index (χ3v) is 6.26. The van der Waals surface area contributed by atoms with Crippen molar-refractivity contribution in [2.24, 2.45) is 5.41 Å². The second kappa shape index (κ2) is 7.41. The van der Waals surface area contributed by atoms with Crippen LogP contribution in [0.1, 0.15) is 38.2 Å². The van der Waals surface area contributed by atoms with E-state index >= 15 is 0 Å². The highest BCUT2D eigenvalue weighted by Gasteiger charge is 2.50. The molecule has 1 saturated heterocycles. The zero-order valence-corrected chi connectivity index (χ0v) is 17.1. The molecule has 154 valence electrons. The molecular weight excluding hydrogens is 380 g/mol. The Balaban J connectivity index is 1.50. The summed E-state index contributed by atoms with van der Waals surface area (Å²) < 4.78 is 0. The third-order valence-electron chi connectivity index (χ3n) is 6.26. The Kier molecular flexibility index (Phi) is 4.90. The summed E-state index contributed by atoms with van der Waals surface area (Å²) in [5, 5.41) is 15.4. The van der Waals surface area contributed by atoms with E-state index in [1.165, 1.54) is 0 Å². The van der Waals surface area contributed by atoms with Crippen molar-refractivity contribution in [2.75, 3.05) is 23.8 Å². The average molecular weight is 404 g/mol. The van der Waals surface area contributed by atoms with Crippen molar-refractivity contribution in [1.82, 2.24) is 15.3 Å². The molecule has 0 radical (unpaired) electrons. The van der Waals surface area contributed by atoms with Crippen molar-refractivity contribution < 1.29 is 9.59 Å². The summed E-state index contributed by atoms with van der Waals surface area (Å²) >= 11 is 0. The largest absolute Gasteiger partial charge is 0.358 e. The molecule has 0 unspecified atom stereocenters. The van der Waals surface area contributed by atoms with Gasteiger partial charge in [0.1, 0.15) is 11.2 Å². The van der Waals surface area contributed by atoms with E-state index in [1.807, 2.05) is 31.2 Å². The number of nitriles is 1. The van der Waals surface area contributed by atoms with Crippen LogP contribution in [0.3, 0.4) is 0 Å². The van der Waals surface area contributed by atoms with Gasteiger partial charge in [-0.05, 0) is 49.4 Å². The number of anilines is 3. The average Bonchev–Trinajstić information content (AvgIpc) is 3.52. The van der Waals surface area contributed by atoms with Crippen LogP contribution in [0.25, 0.3) is 0 Å². The number of rotatable bonds is 6. The molecular formula is C22H24N6O2. The normalized spacial score (nSPS) is 21.8. The molecule has 1 aromatic carbocycles. The van der Waals surface area contributed by atoms with Crippen LogP contribution in [0.15, 0.2) is 36.5 Å². The van der Waals surface area contributed by atoms with Gasteiger partial charge in [0, 0.05) is 25.5 Å². The van der Waals surface area contributed by atoms with Crippen molar-refractivity contribution in [3.8, 4) is 6.07 Å². The van der Waals surface area contributed by atoms with Gasteiger partial charge in [0.05, 0.1) is 11.5 Å². The first-order chi connectivity index (χ1) is 14.5. The highest BCUT2D eigenvalue weighted by Crippen LogP contribution is 2.48. The van der Waals surface area contributed by atoms with E-state index in [4.69, 9.17) is 0 Å². The van der Waals surface area contributed by atoms with Gasteiger partial charge < -0.3 is 10.6 Å². The number of likely N-dealkylation sites (N-methyl/N-ethyl adjacent to an activating group) is 1. The SMILES string of the molecule is CC[C@]1(C#N)CCN(c2ccnc(Nc3ccc(C4(C(=O)NC)CC4)cc3)n2)C1=O. The molecule has 2 aromatic rings. The van der Waals surface area contributed by atoms with Crippen molar-refractivity contribution in [3.05, 3.63) is 42.1 Å². The van der Waals surface area contributed by atoms with E-state index in [-0.39, 0.29) is 11.8 Å². The monoisotopic (exact) mass is 404 g/mol. The summed E-state index contributed by atoms with van der Waals surface area (Å²) in [6.07, 6.45) is 4.29. The quantitative estimate of drug-likeness (QED) is 0.766. The molecule has 8 nitrogen and oxygen atoms in total. The minimum atomic E-state index is -0.960. The van der Waals surface area contributed by atoms with Gasteiger partial charge in [-0.3, -0.25) is 14.5 Å². The Hall–Kier alpha value is -3.47. The second-order valence-corrected chi connectivity index (χ2v) is 7.86. The maximum Gasteiger partial charge on any atom is 0.248 e. The summed E-state index contributed by atoms with van der Waals surface area (Å²) in [6, 6.07) is 11.5. The fourth-order valence-electron chi connectivity index (χ4n) is 4.07. The lowest BCUT2D eigenvalue weighted by atomic mass is 9.85. The summed E-state index contributed by atoms with van der Waals surface area (Å²) in [5.74, 6) is 0.697. The molecule has 1 aliphatic carbocycles. The molecule has 2 N–H and O–H groups in total. The lowest BCUT2D eigenvalue weighted by Gasteiger charge is -2.19. The van der Waals surface area contributed by atoms with Crippen LogP contribution in [0.5, 0.6) is 0 Å². The number of nitrogens with zero attached hydrogens (tertiary/aromatic N) is 4. The van der Waals surface area contributed by atoms with Gasteiger partial charge in [0.15, 0.2) is 0 Å². The van der Waals surface area contributed by atoms with Crippen LogP contribution in [0.4, 0.5) is 17.5 Å². The predicted octanol–water partition coefficient (Wildman–Crippen LogP) is 2.65. The van der Waals surface area contributed by atoms with Gasteiger partial charge >= 0.3 is 0 Å². The third kappa shape index (κ3) is 3.16. The first-order valence-electron chi connectivity index (χ1n) is 10.1. The minimum Gasteiger partial charge on any atom is -0.358 e. The van der Waals surface area contributed by atoms with Gasteiger partial charge in [-0.15, -0.1) is 0 Å². The molecule has 30 heavy (non-hydrogen) atoms. The number of amides is 2. The van der Waals surface area contributed by atoms with E-state index in [2.05, 4.69) is 26.7 Å². The summed E-state index contributed by atoms with van der Waals surface area (Å²) in [5.41, 5.74) is 0.429. The van der Waals surface area contributed by atoms with Crippen LogP contribution < -0.4 is 15.5 Å². The van der Waals surface area contributed by atoms with E-state index in [9.17, 15) is 14.9 Å². The Labute approximate surface area is 175 Å². The highest BCUT2D eigenvalue weighted by molar-refractivity contribution is 6.01. The molecule has 1 atom stereocenters. The van der Waals surface area contributed by atoms with E-state index < -0.39 is 10.8 Å². The number of aromatic nitrogens is 2. The fourth-order valence-corrected chi connectivity index (χ4v) is 4.07. The Morgan fingerprint density at radius 1 is 1.23 bits per heavy atom. The first-order valence-corrected chi connectivity index (χ1v) is 10.1. The maximum atomic E-state index is 12.8. The van der Waals surface area contributed by atoms with Crippen molar-refractivity contribution in [2.45, 2.75) is 38.0 Å². The van der Waals surface area contributed by atoms with Gasteiger partial charge in [0.25, 0.3) is 0 Å². The molecule has 0 bridgehead atoms. The minimum absolute atomic E-state index is 0.0510. The smallest absolute Gasteiger partial charge is 0.248 e. The number of benzene rings is 1. The zero-order chi connectivity index (χ0) is 21.4. The Morgan fingerprint density at radius 2 is 1.97 bits per heavy atom. The number of nitrogens with one attached hydrogen (secondary N) is 2. The lowest BCUT2D eigenvalue weighted by molar-refractivity contribution is -0.123. The molecule has 2 fully saturated rings. The number of carbonyl (C=O) groups is 2. The number of hydrogen-bond donors (Lipinski definition) is 2. The Bertz CT molecular complexity index is 1020. The first kappa shape index (κ1) is 19.8. The van der Waals surface area contributed by atoms with E-state index in [0.717, 1.165) is 24.1 Å². The molecule has 2 heterocycles. The molecule has 2 amide bonds. The van der Waals surface area contributed by atoms with Gasteiger partial charge in [-0.2, -0.15) is 10.2 Å². The van der Waals surface area contributed by atoms with E-state index in [0.29, 0.717) is 31.2 Å². The summed E-state index contributed by atoms with van der Waals surface area (Å²) in [6.45, 7) is 2.32. The standard InChI is InChI=1S/C22H24N6O2/c1-3-21(14-23)11-13-28(19(21)30)17-8-12-25-20(27-17)26-16-6-4-15(5-7-16)22(9-10-22)18(29)24-2/h4-8,12H,3,9-11,13H2,1-2H3,(H,24,29)(H,25,26,27)/t21-/m1/s1. The number of carbonyl (C=O) groups excluding carboxylic acids is 2. The number of hydrogen-bond acceptors (Lipinski definition) is 6. The van der Waals surface area contributed by atoms with Crippen LogP contribution in [-0.4, -0.2) is 35.4 Å². The van der Waals surface area contributed by atoms with Crippen molar-refractivity contribution in [1.29, 1.82) is 5.26 Å². The molecule has 1 aromatic heterocycles. The van der Waals surface area contributed by atoms with Crippen molar-refractivity contribution in [3.63, 3.8) is 0 Å². The van der Waals surface area contributed by atoms with Crippen LogP contribution in [-0.2, 0) is 15.0 Å².